The average Bonchev–Trinajstić information content (AvgIpc) is 3.63. The Morgan fingerprint density at radius 3 is 2.60 bits per heavy atom. The second-order valence-electron chi connectivity index (χ2n) is 13.6. The highest BCUT2D eigenvalue weighted by molar-refractivity contribution is 8.76. The predicted octanol–water partition coefficient (Wildman–Crippen LogP) is 6.87. The van der Waals surface area contributed by atoms with E-state index in [4.69, 9.17) is 14.2 Å². The number of allylic oxidation sites excluding steroid dienone is 1. The molecular weight excluding hydrogens is 579 g/mol. The lowest BCUT2D eigenvalue weighted by Crippen LogP contribution is -2.60. The molecule has 6 aliphatic rings. The summed E-state index contributed by atoms with van der Waals surface area (Å²) in [6, 6.07) is 11.6. The molecule has 5 aliphatic heterocycles. The van der Waals surface area contributed by atoms with Crippen molar-refractivity contribution in [3.05, 3.63) is 70.6 Å². The van der Waals surface area contributed by atoms with E-state index in [2.05, 4.69) is 59.0 Å². The van der Waals surface area contributed by atoms with Gasteiger partial charge in [-0.1, -0.05) is 71.7 Å². The molecular formula is C35H45NO5S2. The molecule has 4 fully saturated rings. The number of aliphatic hydroxyl groups is 1. The highest BCUT2D eigenvalue weighted by Crippen LogP contribution is 2.52. The summed E-state index contributed by atoms with van der Waals surface area (Å²) in [6.45, 7) is 3.96. The topological polar surface area (TPSA) is 68.2 Å². The summed E-state index contributed by atoms with van der Waals surface area (Å²) in [7, 11) is 5.68. The summed E-state index contributed by atoms with van der Waals surface area (Å²) in [5, 5.41) is 12.2. The van der Waals surface area contributed by atoms with E-state index in [0.29, 0.717) is 40.7 Å². The van der Waals surface area contributed by atoms with E-state index in [1.807, 2.05) is 10.8 Å². The Hall–Kier alpha value is -1.87. The number of cyclic esters (lactones) is 1. The molecule has 1 aliphatic carbocycles. The van der Waals surface area contributed by atoms with Crippen LogP contribution in [0.25, 0.3) is 0 Å². The predicted molar refractivity (Wildman–Crippen MR) is 172 cm³/mol. The number of benzene rings is 1. The van der Waals surface area contributed by atoms with Gasteiger partial charge in [-0.3, -0.25) is 4.90 Å². The van der Waals surface area contributed by atoms with E-state index in [-0.39, 0.29) is 36.0 Å². The van der Waals surface area contributed by atoms with Gasteiger partial charge in [-0.2, -0.15) is 0 Å². The minimum absolute atomic E-state index is 0.0153. The number of esters is 1. The molecule has 5 heterocycles. The van der Waals surface area contributed by atoms with Crippen LogP contribution < -0.4 is 0 Å². The van der Waals surface area contributed by atoms with Crippen LogP contribution in [0.2, 0.25) is 0 Å². The monoisotopic (exact) mass is 623 g/mol. The number of methoxy groups -OCH3 is 1. The quantitative estimate of drug-likeness (QED) is 0.289. The van der Waals surface area contributed by atoms with E-state index >= 15 is 0 Å². The molecule has 43 heavy (non-hydrogen) atoms. The number of ether oxygens (including phenoxy) is 3. The summed E-state index contributed by atoms with van der Waals surface area (Å²) in [4.78, 5) is 15.3. The molecule has 0 bridgehead atoms. The number of fused-ring (bicyclic) bond motifs is 3. The zero-order valence-electron chi connectivity index (χ0n) is 25.6. The van der Waals surface area contributed by atoms with Gasteiger partial charge in [-0.15, -0.1) is 0 Å². The summed E-state index contributed by atoms with van der Waals surface area (Å²) in [6.07, 6.45) is 10.8. The number of nitrogens with zero attached hydrogens (tertiary/aromatic N) is 1. The van der Waals surface area contributed by atoms with E-state index in [9.17, 15) is 9.90 Å². The molecule has 0 aromatic heterocycles. The van der Waals surface area contributed by atoms with Gasteiger partial charge in [0.1, 0.15) is 5.76 Å². The fourth-order valence-corrected chi connectivity index (χ4v) is 11.9. The van der Waals surface area contributed by atoms with Crippen LogP contribution in [0.15, 0.2) is 65.0 Å². The van der Waals surface area contributed by atoms with E-state index in [0.717, 1.165) is 49.5 Å². The highest BCUT2D eigenvalue weighted by atomic mass is 33.1. The van der Waals surface area contributed by atoms with Crippen LogP contribution >= 0.6 is 21.6 Å². The van der Waals surface area contributed by atoms with Gasteiger partial charge in [0, 0.05) is 41.5 Å². The van der Waals surface area contributed by atoms with Crippen LogP contribution in [0.1, 0.15) is 64.4 Å². The van der Waals surface area contributed by atoms with Crippen LogP contribution in [-0.2, 0) is 25.4 Å². The minimum atomic E-state index is -0.369. The number of hydrogen-bond acceptors (Lipinski definition) is 8. The maximum atomic E-state index is 12.5. The van der Waals surface area contributed by atoms with Crippen molar-refractivity contribution in [2.45, 2.75) is 89.4 Å². The zero-order chi connectivity index (χ0) is 29.7. The fourth-order valence-electron chi connectivity index (χ4n) is 9.05. The molecule has 232 valence electrons. The van der Waals surface area contributed by atoms with Crippen LogP contribution in [-0.4, -0.2) is 58.8 Å². The molecule has 1 N–H and O–H groups in total. The standard InChI is InChI=1S/C35H45NO5S2/c1-20-31-28-16-23(14-22-8-5-4-6-9-22)15-27-29(37)17-24-10-7-11-25(24)18-42-43-19-26(36(27)28)12-13-30(31)40-33(20)34-32(39-3)21(2)35(38)41-34/h4-6,8-9,13,20,23-29,31,37H,7,10-12,14-19H2,1-3H3. The van der Waals surface area contributed by atoms with Crippen molar-refractivity contribution in [3.8, 4) is 0 Å². The van der Waals surface area contributed by atoms with Crippen LogP contribution in [0.4, 0.5) is 0 Å². The molecule has 0 radical (unpaired) electrons. The van der Waals surface area contributed by atoms with Gasteiger partial charge in [-0.25, -0.2) is 4.79 Å². The van der Waals surface area contributed by atoms with Gasteiger partial charge in [0.15, 0.2) is 11.5 Å². The summed E-state index contributed by atoms with van der Waals surface area (Å²) < 4.78 is 18.1. The van der Waals surface area contributed by atoms with Gasteiger partial charge in [0.05, 0.1) is 18.8 Å². The summed E-state index contributed by atoms with van der Waals surface area (Å²) in [5.41, 5.74) is 1.86. The molecule has 1 saturated carbocycles. The second kappa shape index (κ2) is 12.5. The molecule has 6 nitrogen and oxygen atoms in total. The zero-order valence-corrected chi connectivity index (χ0v) is 27.2. The highest BCUT2D eigenvalue weighted by Gasteiger charge is 2.53. The lowest BCUT2D eigenvalue weighted by molar-refractivity contribution is -0.133. The smallest absolute Gasteiger partial charge is 0.343 e. The van der Waals surface area contributed by atoms with Gasteiger partial charge in [-0.05, 0) is 74.8 Å². The van der Waals surface area contributed by atoms with Crippen LogP contribution in [0, 0.1) is 29.6 Å². The number of piperidine rings is 1. The lowest BCUT2D eigenvalue weighted by Gasteiger charge is -2.52. The fraction of sp³-hybridized carbons (Fsp3) is 0.629. The Morgan fingerprint density at radius 1 is 1.02 bits per heavy atom. The molecule has 0 amide bonds. The Labute approximate surface area is 264 Å². The van der Waals surface area contributed by atoms with Crippen LogP contribution in [0.5, 0.6) is 0 Å². The Balaban J connectivity index is 1.27. The Kier molecular flexibility index (Phi) is 8.66. The summed E-state index contributed by atoms with van der Waals surface area (Å²) in [5.74, 6) is 6.47. The van der Waals surface area contributed by atoms with E-state index < -0.39 is 0 Å². The van der Waals surface area contributed by atoms with Crippen molar-refractivity contribution in [2.75, 3.05) is 18.6 Å². The van der Waals surface area contributed by atoms with Crippen molar-refractivity contribution < 1.29 is 24.1 Å². The van der Waals surface area contributed by atoms with Crippen molar-refractivity contribution in [1.82, 2.24) is 4.90 Å². The molecule has 0 spiro atoms. The average molecular weight is 624 g/mol. The van der Waals surface area contributed by atoms with Crippen molar-refractivity contribution in [2.24, 2.45) is 29.6 Å². The third kappa shape index (κ3) is 5.59. The van der Waals surface area contributed by atoms with Gasteiger partial charge >= 0.3 is 5.97 Å². The molecule has 1 aromatic rings. The SMILES string of the molecule is COC1=C(C)C(=O)OC1=C1OC2=CCC3CSSCC4CCCC4CC(O)C4CC(Cc5ccccc5)CC(C2C1C)N34. The second-order valence-corrected chi connectivity index (χ2v) is 16.1. The lowest BCUT2D eigenvalue weighted by atomic mass is 9.72. The largest absolute Gasteiger partial charge is 0.492 e. The minimum Gasteiger partial charge on any atom is -0.492 e. The molecule has 1 aromatic carbocycles. The van der Waals surface area contributed by atoms with Crippen LogP contribution in [0.3, 0.4) is 0 Å². The van der Waals surface area contributed by atoms with Gasteiger partial charge in [0.25, 0.3) is 0 Å². The maximum Gasteiger partial charge on any atom is 0.343 e. The van der Waals surface area contributed by atoms with Gasteiger partial charge in [0.2, 0.25) is 5.76 Å². The number of carbonyl (C=O) groups is 1. The maximum absolute atomic E-state index is 12.5. The summed E-state index contributed by atoms with van der Waals surface area (Å²) >= 11 is 0. The third-order valence-electron chi connectivity index (χ3n) is 11.1. The van der Waals surface area contributed by atoms with Crippen molar-refractivity contribution >= 4 is 27.6 Å². The first-order chi connectivity index (χ1) is 20.9. The molecule has 9 atom stereocenters. The van der Waals surface area contributed by atoms with Gasteiger partial charge < -0.3 is 19.3 Å². The number of hydrogen-bond donors (Lipinski definition) is 1. The number of aliphatic hydroxyl groups excluding tert-OH is 1. The van der Waals surface area contributed by atoms with Crippen molar-refractivity contribution in [1.29, 1.82) is 0 Å². The molecule has 8 heteroatoms. The first-order valence-electron chi connectivity index (χ1n) is 16.3. The molecule has 3 saturated heterocycles. The molecule has 7 rings (SSSR count). The normalized spacial score (nSPS) is 40.0. The van der Waals surface area contributed by atoms with Crippen molar-refractivity contribution in [3.63, 3.8) is 0 Å². The van der Waals surface area contributed by atoms with E-state index in [1.165, 1.54) is 30.6 Å². The Bertz CT molecular complexity index is 1310. The Morgan fingerprint density at radius 2 is 1.79 bits per heavy atom. The first-order valence-corrected chi connectivity index (χ1v) is 18.7. The first kappa shape index (κ1) is 29.8. The number of carbonyl (C=O) groups excluding carboxylic acids is 1. The molecule has 9 unspecified atom stereocenters. The number of rotatable bonds is 3. The third-order valence-corrected chi connectivity index (χ3v) is 13.7. The van der Waals surface area contributed by atoms with E-state index in [1.54, 1.807) is 14.0 Å².